The molecular weight excluding hydrogens is 916 g/mol. The summed E-state index contributed by atoms with van der Waals surface area (Å²) < 4.78 is 46.3. The van der Waals surface area contributed by atoms with E-state index in [2.05, 4.69) is 83.7 Å². The molecule has 0 spiro atoms. The SMILES string of the molecule is [2H]C([2H])(C1=CB2C(N3[CH-]N(c4[c-]c(Oc5[c-]c6c(cc5)c5ccccc5n6-c5cc(C(C)(C)C)ccn5)ccc4)c4ccccc43)=C(C([2H])([2H])C(C)(C)C)C=CN2C=C1)C(C)(C)C.[Pt]. The molecule has 0 amide bonds. The van der Waals surface area contributed by atoms with E-state index < -0.39 is 30.4 Å². The molecule has 0 aliphatic carbocycles. The molecule has 0 atom stereocenters. The van der Waals surface area contributed by atoms with Crippen molar-refractivity contribution in [3.8, 4) is 17.3 Å². The minimum Gasteiger partial charge on any atom is -0.509 e. The van der Waals surface area contributed by atoms with Crippen molar-refractivity contribution in [2.24, 2.45) is 10.8 Å². The van der Waals surface area contributed by atoms with Crippen LogP contribution in [-0.2, 0) is 26.5 Å². The molecule has 0 N–H and O–H groups in total. The smallest absolute Gasteiger partial charge is 0.334 e. The second-order valence-electron chi connectivity index (χ2n) is 18.6. The molecule has 0 radical (unpaired) electrons. The zero-order chi connectivity index (χ0) is 44.9. The van der Waals surface area contributed by atoms with E-state index in [0.717, 1.165) is 44.7 Å². The summed E-state index contributed by atoms with van der Waals surface area (Å²) in [7, 11) is 0. The van der Waals surface area contributed by atoms with Gasteiger partial charge in [0.2, 0.25) is 0 Å². The van der Waals surface area contributed by atoms with E-state index in [0.29, 0.717) is 28.2 Å². The van der Waals surface area contributed by atoms with E-state index >= 15 is 0 Å². The van der Waals surface area contributed by atoms with Crippen LogP contribution in [0.4, 0.5) is 17.1 Å². The van der Waals surface area contributed by atoms with Crippen molar-refractivity contribution in [1.29, 1.82) is 0 Å². The first-order valence-corrected chi connectivity index (χ1v) is 20.4. The molecule has 2 aromatic heterocycles. The molecule has 3 aliphatic heterocycles. The molecule has 5 heterocycles. The fraction of sp³-hybridized carbons (Fsp3) is 0.269. The number of benzene rings is 4. The van der Waals surface area contributed by atoms with E-state index in [1.807, 2.05) is 144 Å². The molecule has 60 heavy (non-hydrogen) atoms. The molecule has 0 unspecified atom stereocenters. The Kier molecular flexibility index (Phi) is 9.54. The quantitative estimate of drug-likeness (QED) is 0.118. The van der Waals surface area contributed by atoms with Crippen molar-refractivity contribution in [2.45, 2.75) is 80.5 Å². The van der Waals surface area contributed by atoms with Crippen LogP contribution in [0.1, 0.15) is 86.1 Å². The standard InChI is InChI=1S/C52H53BN5O.Pt/c1-50(2,3)32-36-24-27-55-28-25-37(33-51(4,5)6)49(53(55)34-36)57-35-56(45-19-12-13-20-46(45)57)39-15-14-16-40(30-39)59-41-21-22-43-42-17-10-11-18-44(42)58(47(43)31-41)48-29-38(23-26-54-48)52(7,8)9;/h10-29,34-35H,32-33H2,1-9H3;/q-3;/i32D2,33D2;. The van der Waals surface area contributed by atoms with E-state index in [1.165, 1.54) is 5.56 Å². The van der Waals surface area contributed by atoms with Crippen LogP contribution >= 0.6 is 0 Å². The maximum Gasteiger partial charge on any atom is 0.334 e. The summed E-state index contributed by atoms with van der Waals surface area (Å²) in [4.78, 5) is 11.0. The van der Waals surface area contributed by atoms with Crippen LogP contribution < -0.4 is 14.5 Å². The van der Waals surface area contributed by atoms with Crippen molar-refractivity contribution in [2.75, 3.05) is 9.80 Å². The van der Waals surface area contributed by atoms with Crippen molar-refractivity contribution in [3.63, 3.8) is 0 Å². The van der Waals surface area contributed by atoms with Crippen molar-refractivity contribution >= 4 is 45.7 Å². The zero-order valence-electron chi connectivity index (χ0n) is 39.7. The molecule has 0 fully saturated rings. The van der Waals surface area contributed by atoms with Gasteiger partial charge in [0.15, 0.2) is 0 Å². The molecule has 8 heteroatoms. The minimum atomic E-state index is -1.76. The average molecular weight is 974 g/mol. The predicted octanol–water partition coefficient (Wildman–Crippen LogP) is 13.4. The Morgan fingerprint density at radius 3 is 2.18 bits per heavy atom. The summed E-state index contributed by atoms with van der Waals surface area (Å²) in [6.45, 7) is 19.6. The van der Waals surface area contributed by atoms with Gasteiger partial charge in [-0.15, -0.1) is 48.1 Å². The van der Waals surface area contributed by atoms with Crippen LogP contribution in [0, 0.1) is 29.6 Å². The van der Waals surface area contributed by atoms with Crippen LogP contribution in [-0.4, -0.2) is 21.2 Å². The zero-order valence-corrected chi connectivity index (χ0v) is 38.0. The Labute approximate surface area is 376 Å². The molecule has 6 nitrogen and oxygen atoms in total. The van der Waals surface area contributed by atoms with Gasteiger partial charge in [0.25, 0.3) is 0 Å². The summed E-state index contributed by atoms with van der Waals surface area (Å²) >= 11 is 0. The van der Waals surface area contributed by atoms with E-state index in [9.17, 15) is 5.48 Å². The second kappa shape index (κ2) is 15.6. The summed E-state index contributed by atoms with van der Waals surface area (Å²) in [5, 5.41) is 2.15. The van der Waals surface area contributed by atoms with Gasteiger partial charge in [-0.3, -0.25) is 0 Å². The number of para-hydroxylation sites is 3. The van der Waals surface area contributed by atoms with Crippen LogP contribution in [0.2, 0.25) is 0 Å². The van der Waals surface area contributed by atoms with Crippen molar-refractivity contribution in [3.05, 3.63) is 169 Å². The first-order valence-electron chi connectivity index (χ1n) is 22.4. The molecule has 0 saturated carbocycles. The Balaban J connectivity index is 0.00000560. The third kappa shape index (κ3) is 8.14. The monoisotopic (exact) mass is 973 g/mol. The molecule has 9 rings (SSSR count). The fourth-order valence-corrected chi connectivity index (χ4v) is 8.07. The normalized spacial score (nSPS) is 16.9. The molecule has 0 saturated heterocycles. The van der Waals surface area contributed by atoms with Gasteiger partial charge in [-0.1, -0.05) is 110 Å². The maximum absolute atomic E-state index is 9.60. The van der Waals surface area contributed by atoms with E-state index in [1.54, 1.807) is 0 Å². The summed E-state index contributed by atoms with van der Waals surface area (Å²) in [6.07, 6.45) is 6.01. The van der Waals surface area contributed by atoms with Gasteiger partial charge in [0.1, 0.15) is 5.82 Å². The summed E-state index contributed by atoms with van der Waals surface area (Å²) in [6, 6.07) is 37.6. The number of allylic oxidation sites excluding steroid dienone is 4. The summed E-state index contributed by atoms with van der Waals surface area (Å²) in [5.41, 5.74) is 5.91. The van der Waals surface area contributed by atoms with Gasteiger partial charge in [-0.05, 0) is 106 Å². The van der Waals surface area contributed by atoms with Gasteiger partial charge in [0.05, 0.1) is 0 Å². The number of hydrogen-bond donors (Lipinski definition) is 0. The van der Waals surface area contributed by atoms with E-state index in [-0.39, 0.29) is 26.5 Å². The fourth-order valence-electron chi connectivity index (χ4n) is 8.07. The van der Waals surface area contributed by atoms with Gasteiger partial charge in [-0.2, -0.15) is 12.1 Å². The third-order valence-electron chi connectivity index (χ3n) is 10.6. The molecular formula is C52H53BN5OPt-3. The molecule has 308 valence electrons. The van der Waals surface area contributed by atoms with Crippen LogP contribution in [0.3, 0.4) is 0 Å². The van der Waals surface area contributed by atoms with Gasteiger partial charge >= 0.3 is 6.85 Å². The Morgan fingerprint density at radius 2 is 1.43 bits per heavy atom. The number of rotatable bonds is 7. The van der Waals surface area contributed by atoms with E-state index in [4.69, 9.17) is 9.72 Å². The third-order valence-corrected chi connectivity index (χ3v) is 10.6. The Hall–Kier alpha value is -5.26. The molecule has 4 aromatic carbocycles. The van der Waals surface area contributed by atoms with Crippen LogP contribution in [0.5, 0.6) is 11.5 Å². The Morgan fingerprint density at radius 1 is 0.733 bits per heavy atom. The van der Waals surface area contributed by atoms with Gasteiger partial charge in [0, 0.05) is 61.1 Å². The van der Waals surface area contributed by atoms with Gasteiger partial charge in [-0.25, -0.2) is 4.98 Å². The number of pyridine rings is 1. The topological polar surface area (TPSA) is 36.8 Å². The number of aromatic nitrogens is 2. The van der Waals surface area contributed by atoms with Crippen molar-refractivity contribution in [1.82, 2.24) is 14.4 Å². The van der Waals surface area contributed by atoms with Crippen LogP contribution in [0.15, 0.2) is 144 Å². The largest absolute Gasteiger partial charge is 0.509 e. The first-order chi connectivity index (χ1) is 29.6. The number of anilines is 3. The predicted molar refractivity (Wildman–Crippen MR) is 246 cm³/mol. The first kappa shape index (κ1) is 36.6. The minimum absolute atomic E-state index is 0. The number of fused-ring (bicyclic) bond motifs is 5. The number of hydrogen-bond acceptors (Lipinski definition) is 5. The summed E-state index contributed by atoms with van der Waals surface area (Å²) in [5.74, 6) is 3.83. The second-order valence-corrected chi connectivity index (χ2v) is 18.6. The number of nitrogens with zero attached hydrogens (tertiary/aromatic N) is 5. The van der Waals surface area contributed by atoms with Crippen molar-refractivity contribution < 1.29 is 31.3 Å². The number of ether oxygens (including phenoxy) is 1. The molecule has 6 aromatic rings. The Bertz CT molecular complexity index is 2920. The maximum atomic E-state index is 9.60. The molecule has 0 bridgehead atoms. The average Bonchev–Trinajstić information content (AvgIpc) is 3.78. The van der Waals surface area contributed by atoms with Gasteiger partial charge < -0.3 is 23.9 Å². The van der Waals surface area contributed by atoms with Crippen LogP contribution in [0.25, 0.3) is 27.6 Å². The molecule has 3 aliphatic rings.